The maximum Gasteiger partial charge on any atom is 0.249 e. The van der Waals surface area contributed by atoms with Crippen molar-refractivity contribution < 1.29 is 19.4 Å². The van der Waals surface area contributed by atoms with E-state index in [-0.39, 0.29) is 18.1 Å². The quantitative estimate of drug-likeness (QED) is 0.593. The van der Waals surface area contributed by atoms with Gasteiger partial charge in [-0.25, -0.2) is 0 Å². The number of hydrogen-bond donors (Lipinski definition) is 2. The lowest BCUT2D eigenvalue weighted by molar-refractivity contribution is -0.142. The minimum atomic E-state index is -0.896. The first-order chi connectivity index (χ1) is 6.48. The van der Waals surface area contributed by atoms with Gasteiger partial charge in [0.05, 0.1) is 12.6 Å². The van der Waals surface area contributed by atoms with E-state index >= 15 is 0 Å². The van der Waals surface area contributed by atoms with Crippen molar-refractivity contribution in [1.29, 1.82) is 0 Å². The fourth-order valence-corrected chi connectivity index (χ4v) is 1.84. The molecule has 5 heteroatoms. The molecule has 2 N–H and O–H groups in total. The van der Waals surface area contributed by atoms with Crippen molar-refractivity contribution in [2.75, 3.05) is 6.61 Å². The van der Waals surface area contributed by atoms with Crippen molar-refractivity contribution in [2.45, 2.75) is 44.3 Å². The zero-order valence-electron chi connectivity index (χ0n) is 8.32. The zero-order valence-corrected chi connectivity index (χ0v) is 8.32. The highest BCUT2D eigenvalue weighted by molar-refractivity contribution is 5.83. The highest BCUT2D eigenvalue weighted by atomic mass is 16.7. The molecule has 0 bridgehead atoms. The van der Waals surface area contributed by atoms with Gasteiger partial charge in [-0.15, -0.1) is 0 Å². The van der Waals surface area contributed by atoms with E-state index in [1.54, 1.807) is 0 Å². The van der Waals surface area contributed by atoms with Crippen molar-refractivity contribution in [2.24, 2.45) is 0 Å². The Labute approximate surface area is 82.4 Å². The second-order valence-electron chi connectivity index (χ2n) is 4.23. The summed E-state index contributed by atoms with van der Waals surface area (Å²) in [5.41, 5.74) is 0. The second-order valence-corrected chi connectivity index (χ2v) is 4.23. The van der Waals surface area contributed by atoms with Gasteiger partial charge in [-0.3, -0.25) is 4.79 Å². The van der Waals surface area contributed by atoms with Gasteiger partial charge in [-0.2, -0.15) is 0 Å². The second kappa shape index (κ2) is 3.18. The molecule has 0 spiro atoms. The number of hydrogen-bond acceptors (Lipinski definition) is 4. The van der Waals surface area contributed by atoms with Gasteiger partial charge in [0.2, 0.25) is 5.91 Å². The van der Waals surface area contributed by atoms with Crippen LogP contribution in [0.3, 0.4) is 0 Å². The van der Waals surface area contributed by atoms with Crippen molar-refractivity contribution in [3.63, 3.8) is 0 Å². The zero-order chi connectivity index (χ0) is 10.3. The van der Waals surface area contributed by atoms with Gasteiger partial charge in [0.15, 0.2) is 5.79 Å². The highest BCUT2D eigenvalue weighted by Gasteiger charge is 2.42. The minimum Gasteiger partial charge on any atom is -0.383 e. The maximum absolute atomic E-state index is 11.0. The normalized spacial score (nSPS) is 41.4. The van der Waals surface area contributed by atoms with E-state index in [1.165, 1.54) is 0 Å². The first kappa shape index (κ1) is 9.89. The third-order valence-electron chi connectivity index (χ3n) is 2.59. The number of nitrogens with one attached hydrogen (secondary N) is 1. The average molecular weight is 201 g/mol. The molecule has 0 saturated carbocycles. The third-order valence-corrected chi connectivity index (χ3v) is 2.59. The molecule has 3 atom stereocenters. The molecule has 5 nitrogen and oxygen atoms in total. The van der Waals surface area contributed by atoms with E-state index in [1.807, 2.05) is 13.8 Å². The summed E-state index contributed by atoms with van der Waals surface area (Å²) in [6.07, 6.45) is -0.637. The van der Waals surface area contributed by atoms with Gasteiger partial charge in [0, 0.05) is 6.42 Å². The van der Waals surface area contributed by atoms with Crippen LogP contribution in [0, 0.1) is 0 Å². The van der Waals surface area contributed by atoms with Crippen molar-refractivity contribution in [3.8, 4) is 0 Å². The molecule has 2 saturated heterocycles. The standard InChI is InChI=1S/C9H15NO4/c1-9(2)13-4-7(14-9)5-3-6(11)8(12)10-5/h5-7,11H,3-4H2,1-2H3,(H,10,12)/t5-,6-,7+/m0/s1. The lowest BCUT2D eigenvalue weighted by atomic mass is 10.1. The molecule has 0 aromatic carbocycles. The molecule has 0 radical (unpaired) electrons. The van der Waals surface area contributed by atoms with Gasteiger partial charge >= 0.3 is 0 Å². The molecule has 2 fully saturated rings. The Kier molecular flexibility index (Phi) is 2.25. The maximum atomic E-state index is 11.0. The average Bonchev–Trinajstić information content (AvgIpc) is 2.57. The summed E-state index contributed by atoms with van der Waals surface area (Å²) in [5, 5.41) is 11.9. The molecule has 0 aromatic heterocycles. The van der Waals surface area contributed by atoms with Crippen molar-refractivity contribution in [3.05, 3.63) is 0 Å². The van der Waals surface area contributed by atoms with Gasteiger partial charge in [0.1, 0.15) is 12.2 Å². The van der Waals surface area contributed by atoms with E-state index in [9.17, 15) is 9.90 Å². The van der Waals surface area contributed by atoms with E-state index in [4.69, 9.17) is 9.47 Å². The van der Waals surface area contributed by atoms with Gasteiger partial charge in [0.25, 0.3) is 0 Å². The molecule has 0 aliphatic carbocycles. The van der Waals surface area contributed by atoms with Crippen LogP contribution in [0.25, 0.3) is 0 Å². The van der Waals surface area contributed by atoms with Crippen molar-refractivity contribution in [1.82, 2.24) is 5.32 Å². The number of ether oxygens (including phenoxy) is 2. The van der Waals surface area contributed by atoms with Gasteiger partial charge in [-0.05, 0) is 13.8 Å². The summed E-state index contributed by atoms with van der Waals surface area (Å²) in [5.74, 6) is -0.897. The van der Waals surface area contributed by atoms with Crippen LogP contribution in [-0.4, -0.2) is 41.7 Å². The summed E-state index contributed by atoms with van der Waals surface area (Å²) in [6, 6.07) is -0.126. The van der Waals surface area contributed by atoms with E-state index in [0.717, 1.165) is 0 Å². The fraction of sp³-hybridized carbons (Fsp3) is 0.889. The summed E-state index contributed by atoms with van der Waals surface area (Å²) < 4.78 is 11.0. The summed E-state index contributed by atoms with van der Waals surface area (Å²) in [6.45, 7) is 4.13. The minimum absolute atomic E-state index is 0.126. The Morgan fingerprint density at radius 1 is 1.57 bits per heavy atom. The predicted molar refractivity (Wildman–Crippen MR) is 47.5 cm³/mol. The largest absolute Gasteiger partial charge is 0.383 e. The smallest absolute Gasteiger partial charge is 0.249 e. The molecule has 2 aliphatic heterocycles. The third kappa shape index (κ3) is 1.75. The Hall–Kier alpha value is -0.650. The van der Waals surface area contributed by atoms with E-state index in [0.29, 0.717) is 13.0 Å². The summed E-state index contributed by atoms with van der Waals surface area (Å²) in [4.78, 5) is 11.0. The van der Waals surface area contributed by atoms with Crippen LogP contribution in [0.4, 0.5) is 0 Å². The van der Waals surface area contributed by atoms with Crippen LogP contribution in [-0.2, 0) is 14.3 Å². The number of amides is 1. The van der Waals surface area contributed by atoms with Crippen LogP contribution >= 0.6 is 0 Å². The first-order valence-electron chi connectivity index (χ1n) is 4.78. The van der Waals surface area contributed by atoms with Gasteiger partial charge < -0.3 is 19.9 Å². The fourth-order valence-electron chi connectivity index (χ4n) is 1.84. The van der Waals surface area contributed by atoms with Crippen LogP contribution in [0.5, 0.6) is 0 Å². The highest BCUT2D eigenvalue weighted by Crippen LogP contribution is 2.27. The predicted octanol–water partition coefficient (Wildman–Crippen LogP) is -0.613. The molecule has 2 rings (SSSR count). The lowest BCUT2D eigenvalue weighted by Crippen LogP contribution is -2.39. The monoisotopic (exact) mass is 201 g/mol. The number of rotatable bonds is 1. The van der Waals surface area contributed by atoms with Crippen LogP contribution in [0.1, 0.15) is 20.3 Å². The van der Waals surface area contributed by atoms with E-state index < -0.39 is 11.9 Å². The molecular formula is C9H15NO4. The molecule has 2 heterocycles. The Bertz CT molecular complexity index is 253. The number of carbonyl (C=O) groups excluding carboxylic acids is 1. The number of carbonyl (C=O) groups is 1. The summed E-state index contributed by atoms with van der Waals surface area (Å²) in [7, 11) is 0. The van der Waals surface area contributed by atoms with E-state index in [2.05, 4.69) is 5.32 Å². The van der Waals surface area contributed by atoms with Crippen LogP contribution in [0.15, 0.2) is 0 Å². The SMILES string of the molecule is CC1(C)OC[C@H]([C@@H]2C[C@H](O)C(=O)N2)O1. The molecule has 2 aliphatic rings. The lowest BCUT2D eigenvalue weighted by Gasteiger charge is -2.20. The number of aliphatic hydroxyl groups excluding tert-OH is 1. The van der Waals surface area contributed by atoms with Crippen LogP contribution in [0.2, 0.25) is 0 Å². The topological polar surface area (TPSA) is 67.8 Å². The first-order valence-corrected chi connectivity index (χ1v) is 4.78. The molecular weight excluding hydrogens is 186 g/mol. The Balaban J connectivity index is 1.95. The molecule has 14 heavy (non-hydrogen) atoms. The van der Waals surface area contributed by atoms with Crippen molar-refractivity contribution >= 4 is 5.91 Å². The molecule has 80 valence electrons. The molecule has 0 aromatic rings. The Morgan fingerprint density at radius 3 is 2.71 bits per heavy atom. The molecule has 0 unspecified atom stereocenters. The van der Waals surface area contributed by atoms with Crippen LogP contribution < -0.4 is 5.32 Å². The van der Waals surface area contributed by atoms with Gasteiger partial charge in [-0.1, -0.05) is 0 Å². The summed E-state index contributed by atoms with van der Waals surface area (Å²) >= 11 is 0. The Morgan fingerprint density at radius 2 is 2.29 bits per heavy atom. The molecule has 1 amide bonds. The number of aliphatic hydroxyl groups is 1.